The van der Waals surface area contributed by atoms with E-state index < -0.39 is 17.9 Å². The number of aliphatic imine (C=N–C) groups is 1. The van der Waals surface area contributed by atoms with Crippen molar-refractivity contribution in [3.8, 4) is 5.75 Å². The van der Waals surface area contributed by atoms with Crippen LogP contribution in [0.5, 0.6) is 5.75 Å². The molecule has 1 aromatic rings. The highest BCUT2D eigenvalue weighted by Crippen LogP contribution is 2.31. The van der Waals surface area contributed by atoms with Gasteiger partial charge < -0.3 is 24.6 Å². The molecule has 0 bridgehead atoms. The second kappa shape index (κ2) is 5.34. The summed E-state index contributed by atoms with van der Waals surface area (Å²) in [7, 11) is 0. The number of hydrogen-bond donors (Lipinski definition) is 2. The van der Waals surface area contributed by atoms with Crippen LogP contribution in [0.2, 0.25) is 0 Å². The van der Waals surface area contributed by atoms with E-state index in [4.69, 9.17) is 14.2 Å². The first-order valence-electron chi connectivity index (χ1n) is 6.63. The lowest BCUT2D eigenvalue weighted by Crippen LogP contribution is -2.57. The first-order valence-corrected chi connectivity index (χ1v) is 6.63. The Labute approximate surface area is 121 Å². The zero-order chi connectivity index (χ0) is 14.9. The molecule has 2 aliphatic heterocycles. The van der Waals surface area contributed by atoms with E-state index in [2.05, 4.69) is 10.3 Å². The molecule has 2 atom stereocenters. The number of ether oxygens (including phenoxy) is 3. The van der Waals surface area contributed by atoms with Crippen molar-refractivity contribution in [2.45, 2.75) is 18.8 Å². The van der Waals surface area contributed by atoms with Crippen molar-refractivity contribution >= 4 is 17.9 Å². The number of fused-ring (bicyclic) bond motifs is 1. The molecule has 1 fully saturated rings. The van der Waals surface area contributed by atoms with Crippen LogP contribution in [0, 0.1) is 0 Å². The minimum Gasteiger partial charge on any atom is -0.479 e. The second-order valence-corrected chi connectivity index (χ2v) is 4.95. The maximum Gasteiger partial charge on any atom is 0.342 e. The molecule has 1 aromatic carbocycles. The summed E-state index contributed by atoms with van der Waals surface area (Å²) in [6.07, 6.45) is 0.675. The molecule has 2 N–H and O–H groups in total. The molecule has 0 aliphatic carbocycles. The van der Waals surface area contributed by atoms with Gasteiger partial charge in [0.1, 0.15) is 12.4 Å². The van der Waals surface area contributed by atoms with Gasteiger partial charge in [0.25, 0.3) is 0 Å². The number of carboxylic acids is 1. The predicted octanol–water partition coefficient (Wildman–Crippen LogP) is 1.08. The van der Waals surface area contributed by atoms with Gasteiger partial charge in [-0.15, -0.1) is 0 Å². The summed E-state index contributed by atoms with van der Waals surface area (Å²) in [6, 6.07) is 5.47. The third-order valence-electron chi connectivity index (χ3n) is 3.51. The fourth-order valence-electron chi connectivity index (χ4n) is 2.26. The highest BCUT2D eigenvalue weighted by atomic mass is 16.7. The number of anilines is 1. The molecule has 2 heterocycles. The van der Waals surface area contributed by atoms with E-state index in [0.717, 1.165) is 11.3 Å². The van der Waals surface area contributed by atoms with E-state index >= 15 is 0 Å². The molecule has 2 unspecified atom stereocenters. The zero-order valence-corrected chi connectivity index (χ0v) is 11.5. The van der Waals surface area contributed by atoms with Crippen molar-refractivity contribution < 1.29 is 24.1 Å². The van der Waals surface area contributed by atoms with Crippen LogP contribution in [0.15, 0.2) is 23.2 Å². The molecule has 0 radical (unpaired) electrons. The minimum atomic E-state index is -1.54. The molecule has 0 spiro atoms. The van der Waals surface area contributed by atoms with Crippen LogP contribution in [0.3, 0.4) is 0 Å². The highest BCUT2D eigenvalue weighted by Gasteiger charge is 2.48. The smallest absolute Gasteiger partial charge is 0.342 e. The minimum absolute atomic E-state index is 0.221. The Kier molecular flexibility index (Phi) is 3.52. The summed E-state index contributed by atoms with van der Waals surface area (Å²) < 4.78 is 16.6. The molecular formula is C14H16N2O5. The van der Waals surface area contributed by atoms with Crippen LogP contribution in [-0.2, 0) is 14.3 Å². The number of hydrogen-bond acceptors (Lipinski definition) is 6. The Morgan fingerprint density at radius 3 is 3.19 bits per heavy atom. The highest BCUT2D eigenvalue weighted by molar-refractivity contribution is 5.92. The van der Waals surface area contributed by atoms with Gasteiger partial charge in [0, 0.05) is 11.9 Å². The Hall–Kier alpha value is -2.12. The van der Waals surface area contributed by atoms with Crippen LogP contribution in [0.1, 0.15) is 12.5 Å². The lowest BCUT2D eigenvalue weighted by Gasteiger charge is -2.37. The second-order valence-electron chi connectivity index (χ2n) is 4.95. The van der Waals surface area contributed by atoms with Gasteiger partial charge in [0.2, 0.25) is 11.9 Å². The van der Waals surface area contributed by atoms with E-state index in [1.165, 1.54) is 6.92 Å². The molecule has 2 aliphatic rings. The predicted molar refractivity (Wildman–Crippen MR) is 74.9 cm³/mol. The third kappa shape index (κ3) is 2.45. The van der Waals surface area contributed by atoms with E-state index in [1.54, 1.807) is 12.3 Å². The number of carbonyl (C=O) groups is 1. The normalized spacial score (nSPS) is 27.6. The Morgan fingerprint density at radius 2 is 2.38 bits per heavy atom. The summed E-state index contributed by atoms with van der Waals surface area (Å²) >= 11 is 0. The van der Waals surface area contributed by atoms with E-state index in [9.17, 15) is 9.90 Å². The number of carboxylic acid groups (broad SMARTS) is 1. The fraction of sp³-hybridized carbons (Fsp3) is 0.429. The monoisotopic (exact) mass is 292 g/mol. The van der Waals surface area contributed by atoms with Gasteiger partial charge in [-0.2, -0.15) is 0 Å². The van der Waals surface area contributed by atoms with Gasteiger partial charge in [-0.3, -0.25) is 4.99 Å². The van der Waals surface area contributed by atoms with Gasteiger partial charge in [0.05, 0.1) is 18.8 Å². The van der Waals surface area contributed by atoms with Crippen molar-refractivity contribution in [2.75, 3.05) is 25.2 Å². The lowest BCUT2D eigenvalue weighted by molar-refractivity contribution is -0.259. The number of aliphatic carboxylic acids is 1. The van der Waals surface area contributed by atoms with Crippen LogP contribution >= 0.6 is 0 Å². The summed E-state index contributed by atoms with van der Waals surface area (Å²) in [5.41, 5.74) is 0.113. The Morgan fingerprint density at radius 1 is 1.52 bits per heavy atom. The average Bonchev–Trinajstić information content (AvgIpc) is 2.50. The van der Waals surface area contributed by atoms with Gasteiger partial charge in [-0.1, -0.05) is 6.07 Å². The molecule has 7 nitrogen and oxygen atoms in total. The number of nitrogens with zero attached hydrogens (tertiary/aromatic N) is 1. The molecule has 0 amide bonds. The van der Waals surface area contributed by atoms with E-state index in [-0.39, 0.29) is 13.2 Å². The first-order chi connectivity index (χ1) is 10.1. The van der Waals surface area contributed by atoms with Crippen molar-refractivity contribution in [3.05, 3.63) is 23.8 Å². The average molecular weight is 292 g/mol. The first kappa shape index (κ1) is 13.8. The van der Waals surface area contributed by atoms with Crippen LogP contribution < -0.4 is 10.1 Å². The molecular weight excluding hydrogens is 276 g/mol. The Balaban J connectivity index is 1.89. The largest absolute Gasteiger partial charge is 0.479 e. The van der Waals surface area contributed by atoms with Crippen molar-refractivity contribution in [2.24, 2.45) is 4.99 Å². The zero-order valence-electron chi connectivity index (χ0n) is 11.5. The van der Waals surface area contributed by atoms with Crippen LogP contribution in [0.4, 0.5) is 5.69 Å². The topological polar surface area (TPSA) is 89.4 Å². The third-order valence-corrected chi connectivity index (χ3v) is 3.51. The molecule has 0 aromatic heterocycles. The molecule has 7 heteroatoms. The lowest BCUT2D eigenvalue weighted by atomic mass is 10.1. The van der Waals surface area contributed by atoms with Gasteiger partial charge in [-0.25, -0.2) is 4.79 Å². The molecule has 3 rings (SSSR count). The van der Waals surface area contributed by atoms with E-state index in [0.29, 0.717) is 12.4 Å². The van der Waals surface area contributed by atoms with Crippen LogP contribution in [0.25, 0.3) is 0 Å². The van der Waals surface area contributed by atoms with Gasteiger partial charge >= 0.3 is 5.97 Å². The van der Waals surface area contributed by atoms with E-state index in [1.807, 2.05) is 12.1 Å². The molecule has 1 saturated heterocycles. The quantitative estimate of drug-likeness (QED) is 0.866. The summed E-state index contributed by atoms with van der Waals surface area (Å²) in [5.74, 6) is -0.616. The molecule has 112 valence electrons. The standard InChI is InChI=1S/C14H16N2O5/c1-14(12(17)18)13(19-5-6-20-14)21-11-4-2-3-10-9(11)7-15-8-16-10/h2-4,7,13,16H,5-6,8H2,1H3,(H,17,18). The summed E-state index contributed by atoms with van der Waals surface area (Å²) in [5, 5.41) is 12.5. The van der Waals surface area contributed by atoms with Crippen molar-refractivity contribution in [1.82, 2.24) is 0 Å². The van der Waals surface area contributed by atoms with Crippen molar-refractivity contribution in [1.29, 1.82) is 0 Å². The van der Waals surface area contributed by atoms with Gasteiger partial charge in [-0.05, 0) is 19.1 Å². The fourth-order valence-corrected chi connectivity index (χ4v) is 2.26. The number of rotatable bonds is 3. The SMILES string of the molecule is CC1(C(=O)O)OCCOC1Oc1cccc2c1C=NCN2. The molecule has 21 heavy (non-hydrogen) atoms. The van der Waals surface area contributed by atoms with Gasteiger partial charge in [0.15, 0.2) is 0 Å². The summed E-state index contributed by atoms with van der Waals surface area (Å²) in [6.45, 7) is 2.46. The number of nitrogens with one attached hydrogen (secondary N) is 1. The maximum atomic E-state index is 11.4. The van der Waals surface area contributed by atoms with Crippen molar-refractivity contribution in [3.63, 3.8) is 0 Å². The molecule has 0 saturated carbocycles. The number of benzene rings is 1. The maximum absolute atomic E-state index is 11.4. The summed E-state index contributed by atoms with van der Waals surface area (Å²) in [4.78, 5) is 15.6. The Bertz CT molecular complexity index is 589. The van der Waals surface area contributed by atoms with Crippen LogP contribution in [-0.4, -0.2) is 49.1 Å².